The number of ether oxygens (including phenoxy) is 1. The molecule has 2 amide bonds. The van der Waals surface area contributed by atoms with E-state index in [0.717, 1.165) is 47.6 Å². The zero-order chi connectivity index (χ0) is 22.8. The summed E-state index contributed by atoms with van der Waals surface area (Å²) in [6.07, 6.45) is 0.814. The molecule has 1 saturated heterocycles. The Labute approximate surface area is 197 Å². The Morgan fingerprint density at radius 3 is 2.79 bits per heavy atom. The van der Waals surface area contributed by atoms with Crippen LogP contribution in [0.4, 0.5) is 10.8 Å². The zero-order valence-electron chi connectivity index (χ0n) is 18.5. The highest BCUT2D eigenvalue weighted by atomic mass is 32.1. The summed E-state index contributed by atoms with van der Waals surface area (Å²) in [5.41, 5.74) is 5.70. The second-order valence-electron chi connectivity index (χ2n) is 8.39. The number of fused-ring (bicyclic) bond motifs is 1. The highest BCUT2D eigenvalue weighted by Crippen LogP contribution is 2.34. The molecule has 0 unspecified atom stereocenters. The van der Waals surface area contributed by atoms with E-state index >= 15 is 0 Å². The van der Waals surface area contributed by atoms with Crippen molar-refractivity contribution in [3.63, 3.8) is 0 Å². The molecule has 1 aromatic heterocycles. The predicted octanol–water partition coefficient (Wildman–Crippen LogP) is 3.59. The first kappa shape index (κ1) is 21.8. The Balaban J connectivity index is 1.27. The number of hydrogen-bond acceptors (Lipinski definition) is 6. The SMILES string of the molecule is Cc1cccc(C(=O)N2CCc3cc(-c4csc(NC(=O)CN5CCOCC5)n4)ccc32)c1. The number of aromatic nitrogens is 1. The molecule has 3 heterocycles. The molecule has 0 aliphatic carbocycles. The number of benzene rings is 2. The first-order valence-electron chi connectivity index (χ1n) is 11.1. The van der Waals surface area contributed by atoms with E-state index in [2.05, 4.69) is 21.3 Å². The average molecular weight is 463 g/mol. The smallest absolute Gasteiger partial charge is 0.258 e. The van der Waals surface area contributed by atoms with E-state index in [1.165, 1.54) is 11.3 Å². The van der Waals surface area contributed by atoms with Gasteiger partial charge in [0.05, 0.1) is 25.5 Å². The van der Waals surface area contributed by atoms with Gasteiger partial charge in [-0.25, -0.2) is 4.98 Å². The number of carbonyl (C=O) groups excluding carboxylic acids is 2. The van der Waals surface area contributed by atoms with Crippen LogP contribution in [0.2, 0.25) is 0 Å². The van der Waals surface area contributed by atoms with Crippen molar-refractivity contribution in [3.8, 4) is 11.3 Å². The maximum atomic E-state index is 13.0. The Hall–Kier alpha value is -3.07. The lowest BCUT2D eigenvalue weighted by Crippen LogP contribution is -2.41. The second kappa shape index (κ2) is 9.43. The lowest BCUT2D eigenvalue weighted by Gasteiger charge is -2.25. The summed E-state index contributed by atoms with van der Waals surface area (Å²) in [5, 5.41) is 5.46. The van der Waals surface area contributed by atoms with E-state index in [1.54, 1.807) is 0 Å². The van der Waals surface area contributed by atoms with Crippen LogP contribution in [0, 0.1) is 6.92 Å². The van der Waals surface area contributed by atoms with Crippen LogP contribution in [0.1, 0.15) is 21.5 Å². The number of carbonyl (C=O) groups is 2. The van der Waals surface area contributed by atoms with E-state index in [9.17, 15) is 9.59 Å². The van der Waals surface area contributed by atoms with Gasteiger partial charge in [-0.2, -0.15) is 0 Å². The molecule has 2 aromatic carbocycles. The van der Waals surface area contributed by atoms with Crippen LogP contribution in [0.25, 0.3) is 11.3 Å². The van der Waals surface area contributed by atoms with Crippen LogP contribution in [-0.2, 0) is 16.0 Å². The van der Waals surface area contributed by atoms with E-state index in [4.69, 9.17) is 4.74 Å². The maximum Gasteiger partial charge on any atom is 0.258 e. The predicted molar refractivity (Wildman–Crippen MR) is 130 cm³/mol. The number of nitrogens with zero attached hydrogens (tertiary/aromatic N) is 3. The van der Waals surface area contributed by atoms with Gasteiger partial charge in [-0.15, -0.1) is 11.3 Å². The fourth-order valence-electron chi connectivity index (χ4n) is 4.29. The molecule has 5 rings (SSSR count). The van der Waals surface area contributed by atoms with Gasteiger partial charge < -0.3 is 15.0 Å². The highest BCUT2D eigenvalue weighted by Gasteiger charge is 2.26. The standard InChI is InChI=1S/C25H26N4O3S/c1-17-3-2-4-20(13-17)24(31)29-8-7-19-14-18(5-6-22(19)29)21-16-33-25(26-21)27-23(30)15-28-9-11-32-12-10-28/h2-6,13-14,16H,7-12,15H2,1H3,(H,26,27,30). The Morgan fingerprint density at radius 1 is 1.12 bits per heavy atom. The minimum absolute atomic E-state index is 0.0316. The number of nitrogens with one attached hydrogen (secondary N) is 1. The molecular weight excluding hydrogens is 436 g/mol. The largest absolute Gasteiger partial charge is 0.379 e. The van der Waals surface area contributed by atoms with Crippen LogP contribution in [0.15, 0.2) is 47.8 Å². The van der Waals surface area contributed by atoms with Gasteiger partial charge in [0.15, 0.2) is 5.13 Å². The zero-order valence-corrected chi connectivity index (χ0v) is 19.4. The van der Waals surface area contributed by atoms with E-state index in [0.29, 0.717) is 37.0 Å². The molecule has 0 bridgehead atoms. The Bertz CT molecular complexity index is 1190. The van der Waals surface area contributed by atoms with Gasteiger partial charge in [-0.05, 0) is 43.2 Å². The number of amides is 2. The number of hydrogen-bond donors (Lipinski definition) is 1. The van der Waals surface area contributed by atoms with E-state index < -0.39 is 0 Å². The summed E-state index contributed by atoms with van der Waals surface area (Å²) in [6, 6.07) is 13.8. The summed E-state index contributed by atoms with van der Waals surface area (Å²) in [6.45, 7) is 5.90. The molecule has 2 aliphatic heterocycles. The summed E-state index contributed by atoms with van der Waals surface area (Å²) in [5.74, 6) is -0.0267. The van der Waals surface area contributed by atoms with Crippen molar-refractivity contribution in [1.82, 2.24) is 9.88 Å². The summed E-state index contributed by atoms with van der Waals surface area (Å²) >= 11 is 1.42. The fraction of sp³-hybridized carbons (Fsp3) is 0.320. The van der Waals surface area contributed by atoms with Gasteiger partial charge in [0, 0.05) is 41.8 Å². The van der Waals surface area contributed by atoms with Gasteiger partial charge in [0.1, 0.15) is 0 Å². The average Bonchev–Trinajstić information content (AvgIpc) is 3.46. The first-order chi connectivity index (χ1) is 16.1. The van der Waals surface area contributed by atoms with E-state index in [-0.39, 0.29) is 11.8 Å². The normalized spacial score (nSPS) is 16.0. The molecular formula is C25H26N4O3S. The number of morpholine rings is 1. The molecule has 2 aliphatic rings. The molecule has 1 fully saturated rings. The van der Waals surface area contributed by atoms with Crippen molar-refractivity contribution in [2.45, 2.75) is 13.3 Å². The second-order valence-corrected chi connectivity index (χ2v) is 9.25. The fourth-order valence-corrected chi connectivity index (χ4v) is 5.03. The van der Waals surface area contributed by atoms with Crippen LogP contribution >= 0.6 is 11.3 Å². The number of anilines is 2. The van der Waals surface area contributed by atoms with Crippen LogP contribution < -0.4 is 10.2 Å². The van der Waals surface area contributed by atoms with Crippen molar-refractivity contribution in [1.29, 1.82) is 0 Å². The Kier molecular flexibility index (Phi) is 6.22. The molecule has 1 N–H and O–H groups in total. The van der Waals surface area contributed by atoms with Gasteiger partial charge in [0.25, 0.3) is 5.91 Å². The third kappa shape index (κ3) is 4.83. The quantitative estimate of drug-likeness (QED) is 0.627. The van der Waals surface area contributed by atoms with Crippen molar-refractivity contribution >= 4 is 34.0 Å². The van der Waals surface area contributed by atoms with Gasteiger partial charge in [-0.1, -0.05) is 23.8 Å². The summed E-state index contributed by atoms with van der Waals surface area (Å²) in [4.78, 5) is 33.9. The minimum Gasteiger partial charge on any atom is -0.379 e. The monoisotopic (exact) mass is 462 g/mol. The molecule has 8 heteroatoms. The topological polar surface area (TPSA) is 74.8 Å². The third-order valence-electron chi connectivity index (χ3n) is 6.00. The molecule has 170 valence electrons. The lowest BCUT2D eigenvalue weighted by molar-refractivity contribution is -0.118. The van der Waals surface area contributed by atoms with E-state index in [1.807, 2.05) is 53.6 Å². The summed E-state index contributed by atoms with van der Waals surface area (Å²) in [7, 11) is 0. The molecule has 0 saturated carbocycles. The van der Waals surface area contributed by atoms with Gasteiger partial charge in [0.2, 0.25) is 5.91 Å². The minimum atomic E-state index is -0.0583. The van der Waals surface area contributed by atoms with Crippen molar-refractivity contribution in [2.75, 3.05) is 49.6 Å². The molecule has 3 aromatic rings. The van der Waals surface area contributed by atoms with Crippen molar-refractivity contribution < 1.29 is 14.3 Å². The molecule has 0 atom stereocenters. The van der Waals surface area contributed by atoms with Gasteiger partial charge in [-0.3, -0.25) is 14.5 Å². The molecule has 0 radical (unpaired) electrons. The summed E-state index contributed by atoms with van der Waals surface area (Å²) < 4.78 is 5.33. The van der Waals surface area contributed by atoms with Gasteiger partial charge >= 0.3 is 0 Å². The third-order valence-corrected chi connectivity index (χ3v) is 6.76. The number of thiazole rings is 1. The van der Waals surface area contributed by atoms with Crippen LogP contribution in [0.5, 0.6) is 0 Å². The molecule has 7 nitrogen and oxygen atoms in total. The number of aryl methyl sites for hydroxylation is 1. The number of rotatable bonds is 5. The first-order valence-corrected chi connectivity index (χ1v) is 12.0. The molecule has 0 spiro atoms. The van der Waals surface area contributed by atoms with Crippen LogP contribution in [0.3, 0.4) is 0 Å². The van der Waals surface area contributed by atoms with Crippen LogP contribution in [-0.4, -0.2) is 61.1 Å². The maximum absolute atomic E-state index is 13.0. The highest BCUT2D eigenvalue weighted by molar-refractivity contribution is 7.14. The van der Waals surface area contributed by atoms with Crippen molar-refractivity contribution in [2.24, 2.45) is 0 Å². The Morgan fingerprint density at radius 2 is 1.97 bits per heavy atom. The van der Waals surface area contributed by atoms with Crippen molar-refractivity contribution in [3.05, 3.63) is 64.5 Å². The molecule has 33 heavy (non-hydrogen) atoms. The lowest BCUT2D eigenvalue weighted by atomic mass is 10.1.